The van der Waals surface area contributed by atoms with Crippen molar-refractivity contribution in [2.24, 2.45) is 5.92 Å². The lowest BCUT2D eigenvalue weighted by atomic mass is 10.1. The summed E-state index contributed by atoms with van der Waals surface area (Å²) in [5.41, 5.74) is 0. The largest absolute Gasteiger partial charge is 0.481 e. The third-order valence-corrected chi connectivity index (χ3v) is 4.00. The van der Waals surface area contributed by atoms with Crippen LogP contribution in [0.25, 0.3) is 0 Å². The van der Waals surface area contributed by atoms with Crippen molar-refractivity contribution < 1.29 is 27.9 Å². The molecule has 9 heteroatoms. The zero-order chi connectivity index (χ0) is 15.2. The number of esters is 1. The SMILES string of the molecule is COC(=O)C(NS(=O)(=O)N(C)CCC(=O)O)C(C)C. The van der Waals surface area contributed by atoms with Crippen LogP contribution in [-0.4, -0.2) is 56.5 Å². The van der Waals surface area contributed by atoms with Crippen molar-refractivity contribution in [2.75, 3.05) is 20.7 Å². The second-order valence-corrected chi connectivity index (χ2v) is 6.14. The molecule has 0 aliphatic heterocycles. The summed E-state index contributed by atoms with van der Waals surface area (Å²) in [5, 5.41) is 8.51. The first kappa shape index (κ1) is 17.8. The maximum Gasteiger partial charge on any atom is 0.324 e. The molecule has 0 aliphatic rings. The lowest BCUT2D eigenvalue weighted by molar-refractivity contribution is -0.143. The van der Waals surface area contributed by atoms with Gasteiger partial charge in [0.25, 0.3) is 10.2 Å². The van der Waals surface area contributed by atoms with Gasteiger partial charge in [-0.25, -0.2) is 0 Å². The van der Waals surface area contributed by atoms with Gasteiger partial charge in [-0.2, -0.15) is 17.4 Å². The average molecular weight is 296 g/mol. The van der Waals surface area contributed by atoms with E-state index >= 15 is 0 Å². The molecular formula is C10H20N2O6S. The van der Waals surface area contributed by atoms with E-state index in [0.717, 1.165) is 4.31 Å². The molecule has 19 heavy (non-hydrogen) atoms. The van der Waals surface area contributed by atoms with Gasteiger partial charge in [0.2, 0.25) is 0 Å². The van der Waals surface area contributed by atoms with Crippen molar-refractivity contribution in [1.82, 2.24) is 9.03 Å². The van der Waals surface area contributed by atoms with Crippen LogP contribution >= 0.6 is 0 Å². The van der Waals surface area contributed by atoms with Crippen LogP contribution in [-0.2, 0) is 24.5 Å². The molecule has 2 N–H and O–H groups in total. The molecule has 1 atom stereocenters. The maximum absolute atomic E-state index is 11.9. The van der Waals surface area contributed by atoms with E-state index in [1.54, 1.807) is 13.8 Å². The van der Waals surface area contributed by atoms with Gasteiger partial charge in [-0.3, -0.25) is 9.59 Å². The Labute approximate surface area is 112 Å². The molecule has 0 aromatic rings. The quantitative estimate of drug-likeness (QED) is 0.580. The van der Waals surface area contributed by atoms with Crippen LogP contribution in [0, 0.1) is 5.92 Å². The van der Waals surface area contributed by atoms with Gasteiger partial charge in [-0.1, -0.05) is 13.8 Å². The molecule has 0 saturated carbocycles. The minimum atomic E-state index is -3.94. The van der Waals surface area contributed by atoms with Crippen LogP contribution in [0.2, 0.25) is 0 Å². The maximum atomic E-state index is 11.9. The summed E-state index contributed by atoms with van der Waals surface area (Å²) in [6, 6.07) is -1.01. The zero-order valence-electron chi connectivity index (χ0n) is 11.4. The molecule has 8 nitrogen and oxygen atoms in total. The van der Waals surface area contributed by atoms with Crippen molar-refractivity contribution in [3.05, 3.63) is 0 Å². The lowest BCUT2D eigenvalue weighted by Crippen LogP contribution is -2.50. The number of rotatable bonds is 8. The van der Waals surface area contributed by atoms with E-state index in [-0.39, 0.29) is 18.9 Å². The number of aliphatic carboxylic acids is 1. The van der Waals surface area contributed by atoms with Gasteiger partial charge in [-0.05, 0) is 5.92 Å². The molecule has 0 heterocycles. The van der Waals surface area contributed by atoms with E-state index in [1.165, 1.54) is 14.2 Å². The van der Waals surface area contributed by atoms with Gasteiger partial charge in [-0.15, -0.1) is 0 Å². The van der Waals surface area contributed by atoms with Crippen molar-refractivity contribution in [3.63, 3.8) is 0 Å². The van der Waals surface area contributed by atoms with E-state index < -0.39 is 28.2 Å². The minimum Gasteiger partial charge on any atom is -0.481 e. The molecule has 0 aromatic carbocycles. The Bertz CT molecular complexity index is 420. The van der Waals surface area contributed by atoms with Gasteiger partial charge < -0.3 is 9.84 Å². The monoisotopic (exact) mass is 296 g/mol. The van der Waals surface area contributed by atoms with Crippen LogP contribution in [0.4, 0.5) is 0 Å². The van der Waals surface area contributed by atoms with Gasteiger partial charge in [0, 0.05) is 13.6 Å². The second-order valence-electron chi connectivity index (χ2n) is 4.33. The van der Waals surface area contributed by atoms with Crippen LogP contribution in [0.15, 0.2) is 0 Å². The van der Waals surface area contributed by atoms with Crippen LogP contribution in [0.5, 0.6) is 0 Å². The fourth-order valence-corrected chi connectivity index (χ4v) is 2.41. The van der Waals surface area contributed by atoms with Crippen LogP contribution in [0.1, 0.15) is 20.3 Å². The molecule has 0 bridgehead atoms. The van der Waals surface area contributed by atoms with E-state index in [0.29, 0.717) is 0 Å². The number of nitrogens with zero attached hydrogens (tertiary/aromatic N) is 1. The number of carboxylic acids is 1. The molecule has 0 aromatic heterocycles. The number of nitrogens with one attached hydrogen (secondary N) is 1. The first-order valence-electron chi connectivity index (χ1n) is 5.65. The van der Waals surface area contributed by atoms with E-state index in [9.17, 15) is 18.0 Å². The molecule has 112 valence electrons. The Morgan fingerprint density at radius 1 is 1.37 bits per heavy atom. The fraction of sp³-hybridized carbons (Fsp3) is 0.800. The highest BCUT2D eigenvalue weighted by Gasteiger charge is 2.30. The van der Waals surface area contributed by atoms with Crippen molar-refractivity contribution in [1.29, 1.82) is 0 Å². The molecule has 0 amide bonds. The standard InChI is InChI=1S/C10H20N2O6S/c1-7(2)9(10(15)18-4)11-19(16,17)12(3)6-5-8(13)14/h7,9,11H,5-6H2,1-4H3,(H,13,14). The molecule has 0 spiro atoms. The number of hydrogen-bond donors (Lipinski definition) is 2. The summed E-state index contributed by atoms with van der Waals surface area (Å²) in [6.07, 6.45) is -0.317. The first-order chi connectivity index (χ1) is 8.61. The van der Waals surface area contributed by atoms with Crippen molar-refractivity contribution >= 4 is 22.1 Å². The van der Waals surface area contributed by atoms with E-state index in [4.69, 9.17) is 5.11 Å². The number of ether oxygens (including phenoxy) is 1. The summed E-state index contributed by atoms with van der Waals surface area (Å²) >= 11 is 0. The number of hydrogen-bond acceptors (Lipinski definition) is 5. The topological polar surface area (TPSA) is 113 Å². The smallest absolute Gasteiger partial charge is 0.324 e. The Morgan fingerprint density at radius 3 is 2.26 bits per heavy atom. The highest BCUT2D eigenvalue weighted by molar-refractivity contribution is 7.87. The first-order valence-corrected chi connectivity index (χ1v) is 7.09. The van der Waals surface area contributed by atoms with E-state index in [2.05, 4.69) is 9.46 Å². The van der Waals surface area contributed by atoms with Gasteiger partial charge in [0.15, 0.2) is 0 Å². The molecule has 0 fully saturated rings. The number of carbonyl (C=O) groups is 2. The van der Waals surface area contributed by atoms with Crippen LogP contribution < -0.4 is 4.72 Å². The highest BCUT2D eigenvalue weighted by atomic mass is 32.2. The van der Waals surface area contributed by atoms with E-state index in [1.807, 2.05) is 0 Å². The Morgan fingerprint density at radius 2 is 1.89 bits per heavy atom. The van der Waals surface area contributed by atoms with Crippen molar-refractivity contribution in [2.45, 2.75) is 26.3 Å². The van der Waals surface area contributed by atoms with Crippen molar-refractivity contribution in [3.8, 4) is 0 Å². The number of methoxy groups -OCH3 is 1. The predicted molar refractivity (Wildman–Crippen MR) is 67.6 cm³/mol. The fourth-order valence-electron chi connectivity index (χ4n) is 1.21. The zero-order valence-corrected chi connectivity index (χ0v) is 12.2. The number of carboxylic acid groups (broad SMARTS) is 1. The Hall–Kier alpha value is -1.19. The third-order valence-electron chi connectivity index (χ3n) is 2.45. The summed E-state index contributed by atoms with van der Waals surface area (Å²) in [6.45, 7) is 3.15. The average Bonchev–Trinajstić information content (AvgIpc) is 2.31. The molecule has 1 unspecified atom stereocenters. The summed E-state index contributed by atoms with van der Waals surface area (Å²) < 4.78 is 31.3. The molecule has 0 radical (unpaired) electrons. The minimum absolute atomic E-state index is 0.184. The highest BCUT2D eigenvalue weighted by Crippen LogP contribution is 2.07. The second kappa shape index (κ2) is 7.41. The van der Waals surface area contributed by atoms with Gasteiger partial charge >= 0.3 is 11.9 Å². The molecular weight excluding hydrogens is 276 g/mol. The summed E-state index contributed by atoms with van der Waals surface area (Å²) in [7, 11) is -1.53. The summed E-state index contributed by atoms with van der Waals surface area (Å²) in [4.78, 5) is 21.9. The number of carbonyl (C=O) groups excluding carboxylic acids is 1. The normalized spacial score (nSPS) is 13.6. The summed E-state index contributed by atoms with van der Waals surface area (Å²) in [5.74, 6) is -2.09. The predicted octanol–water partition coefficient (Wildman–Crippen LogP) is -0.575. The molecule has 0 aliphatic carbocycles. The molecule has 0 rings (SSSR count). The Balaban J connectivity index is 4.81. The van der Waals surface area contributed by atoms with Crippen LogP contribution in [0.3, 0.4) is 0 Å². The lowest BCUT2D eigenvalue weighted by Gasteiger charge is -2.23. The molecule has 0 saturated heterocycles. The van der Waals surface area contributed by atoms with Gasteiger partial charge in [0.1, 0.15) is 6.04 Å². The Kier molecular flexibility index (Phi) is 6.95. The third kappa shape index (κ3) is 5.99. The van der Waals surface area contributed by atoms with Gasteiger partial charge in [0.05, 0.1) is 13.5 Å².